The molecular weight excluding hydrogens is 411 g/mol. The molecule has 0 aliphatic heterocycles. The second-order valence-corrected chi connectivity index (χ2v) is 7.04. The molecule has 0 spiro atoms. The third-order valence-electron chi connectivity index (χ3n) is 5.15. The highest BCUT2D eigenvalue weighted by Crippen LogP contribution is 2.28. The minimum absolute atomic E-state index is 0.101. The third-order valence-corrected chi connectivity index (χ3v) is 5.15. The van der Waals surface area contributed by atoms with Gasteiger partial charge in [-0.05, 0) is 53.6 Å². The molecule has 0 fully saturated rings. The van der Waals surface area contributed by atoms with Crippen molar-refractivity contribution < 1.29 is 18.7 Å². The van der Waals surface area contributed by atoms with Crippen LogP contribution in [0.15, 0.2) is 67.0 Å². The fourth-order valence-electron chi connectivity index (χ4n) is 3.48. The summed E-state index contributed by atoms with van der Waals surface area (Å²) in [5, 5.41) is 9.25. The summed E-state index contributed by atoms with van der Waals surface area (Å²) in [5.74, 6) is 1.34. The molecule has 2 aromatic carbocycles. The molecule has 3 aromatic heterocycles. The van der Waals surface area contributed by atoms with Gasteiger partial charge in [-0.3, -0.25) is 14.2 Å². The maximum Gasteiger partial charge on any atom is 0.236 e. The molecule has 5 rings (SSSR count). The van der Waals surface area contributed by atoms with Gasteiger partial charge in [-0.1, -0.05) is 6.07 Å². The van der Waals surface area contributed by atoms with Crippen molar-refractivity contribution in [2.24, 2.45) is 0 Å². The number of hydrogen-bond donors (Lipinski definition) is 0. The Balaban J connectivity index is 1.45. The number of carbonyl (C=O) groups excluding carboxylic acids is 1. The Morgan fingerprint density at radius 3 is 2.72 bits per heavy atom. The van der Waals surface area contributed by atoms with Gasteiger partial charge in [0.2, 0.25) is 6.29 Å². The number of rotatable bonds is 6. The van der Waals surface area contributed by atoms with Crippen LogP contribution in [-0.4, -0.2) is 33.0 Å². The van der Waals surface area contributed by atoms with Gasteiger partial charge in [-0.15, -0.1) is 10.2 Å². The molecule has 0 saturated carbocycles. The molecule has 0 bridgehead atoms. The molecular formula is C24H16FN4O3. The highest BCUT2D eigenvalue weighted by molar-refractivity contribution is 5.86. The quantitative estimate of drug-likeness (QED) is 0.406. The number of benzene rings is 2. The van der Waals surface area contributed by atoms with Gasteiger partial charge < -0.3 is 9.47 Å². The summed E-state index contributed by atoms with van der Waals surface area (Å²) >= 11 is 0. The number of nitrogens with zero attached hydrogens (tertiary/aromatic N) is 4. The zero-order valence-corrected chi connectivity index (χ0v) is 16.9. The first-order valence-corrected chi connectivity index (χ1v) is 9.73. The summed E-state index contributed by atoms with van der Waals surface area (Å²) < 4.78 is 27.1. The number of aromatic nitrogens is 4. The minimum atomic E-state index is -0.619. The van der Waals surface area contributed by atoms with E-state index in [1.54, 1.807) is 42.2 Å². The van der Waals surface area contributed by atoms with Crippen molar-refractivity contribution in [1.29, 1.82) is 0 Å². The van der Waals surface area contributed by atoms with E-state index in [2.05, 4.69) is 15.2 Å². The van der Waals surface area contributed by atoms with Crippen molar-refractivity contribution in [3.8, 4) is 22.6 Å². The fourth-order valence-corrected chi connectivity index (χ4v) is 3.48. The molecule has 0 N–H and O–H groups in total. The van der Waals surface area contributed by atoms with Crippen molar-refractivity contribution in [3.05, 3.63) is 84.2 Å². The number of pyridine rings is 2. The molecule has 0 atom stereocenters. The first kappa shape index (κ1) is 19.6. The molecule has 0 unspecified atom stereocenters. The Bertz CT molecular complexity index is 1460. The predicted octanol–water partition coefficient (Wildman–Crippen LogP) is 4.13. The zero-order chi connectivity index (χ0) is 22.1. The second-order valence-electron chi connectivity index (χ2n) is 7.04. The largest absolute Gasteiger partial charge is 0.497 e. The van der Waals surface area contributed by atoms with E-state index in [1.807, 2.05) is 30.5 Å². The molecule has 8 heteroatoms. The molecule has 32 heavy (non-hydrogen) atoms. The standard InChI is InChI=1S/C24H16FN4O3/c1-31-18-5-6-19-21(11-18)26-9-8-22(19)32-14-24-28-27-23-7-4-16(12-29(23)24)15-2-3-17(13-30)20(25)10-15/h2-12H,14H2,1H3. The summed E-state index contributed by atoms with van der Waals surface area (Å²) in [6.07, 6.45) is 5.06. The highest BCUT2D eigenvalue weighted by Gasteiger charge is 2.11. The van der Waals surface area contributed by atoms with Gasteiger partial charge in [-0.2, -0.15) is 0 Å². The van der Waals surface area contributed by atoms with Crippen LogP contribution in [0.25, 0.3) is 27.7 Å². The molecule has 157 valence electrons. The Morgan fingerprint density at radius 1 is 1.03 bits per heavy atom. The molecule has 0 aliphatic rings. The topological polar surface area (TPSA) is 78.6 Å². The van der Waals surface area contributed by atoms with Gasteiger partial charge in [0.05, 0.1) is 18.2 Å². The van der Waals surface area contributed by atoms with Crippen molar-refractivity contribution in [3.63, 3.8) is 0 Å². The van der Waals surface area contributed by atoms with Crippen LogP contribution in [0.2, 0.25) is 0 Å². The van der Waals surface area contributed by atoms with E-state index >= 15 is 0 Å². The Morgan fingerprint density at radius 2 is 1.91 bits per heavy atom. The normalized spacial score (nSPS) is 11.1. The summed E-state index contributed by atoms with van der Waals surface area (Å²) in [5.41, 5.74) is 2.66. The summed E-state index contributed by atoms with van der Waals surface area (Å²) in [6, 6.07) is 15.4. The first-order valence-electron chi connectivity index (χ1n) is 9.73. The molecule has 0 amide bonds. The Kier molecular flexibility index (Phi) is 4.95. The van der Waals surface area contributed by atoms with Gasteiger partial charge in [0.25, 0.3) is 0 Å². The molecule has 0 aliphatic carbocycles. The van der Waals surface area contributed by atoms with Crippen LogP contribution in [0.4, 0.5) is 4.39 Å². The number of fused-ring (bicyclic) bond motifs is 2. The van der Waals surface area contributed by atoms with E-state index in [0.717, 1.165) is 16.5 Å². The van der Waals surface area contributed by atoms with Crippen LogP contribution in [0.1, 0.15) is 11.4 Å². The summed E-state index contributed by atoms with van der Waals surface area (Å²) in [7, 11) is 1.61. The monoisotopic (exact) mass is 427 g/mol. The third kappa shape index (κ3) is 3.51. The van der Waals surface area contributed by atoms with Gasteiger partial charge in [0.1, 0.15) is 23.9 Å². The average Bonchev–Trinajstić information content (AvgIpc) is 3.24. The molecule has 3 heterocycles. The molecule has 0 saturated heterocycles. The van der Waals surface area contributed by atoms with Crippen LogP contribution >= 0.6 is 0 Å². The SMILES string of the molecule is COc1ccc2c(OCc3nnc4ccc(-c5ccc([C]=O)c(F)c5)cn34)ccnc2c1. The first-order chi connectivity index (χ1) is 15.7. The smallest absolute Gasteiger partial charge is 0.236 e. The lowest BCUT2D eigenvalue weighted by Crippen LogP contribution is -2.02. The fraction of sp³-hybridized carbons (Fsp3) is 0.0833. The second kappa shape index (κ2) is 8.07. The van der Waals surface area contributed by atoms with Crippen LogP contribution in [0.3, 0.4) is 0 Å². The molecule has 1 radical (unpaired) electrons. The van der Waals surface area contributed by atoms with Crippen molar-refractivity contribution in [2.75, 3.05) is 7.11 Å². The lowest BCUT2D eigenvalue weighted by molar-refractivity contribution is 0.298. The average molecular weight is 427 g/mol. The Hall–Kier alpha value is -4.33. The Labute approximate surface area is 182 Å². The lowest BCUT2D eigenvalue weighted by Gasteiger charge is -2.10. The summed E-state index contributed by atoms with van der Waals surface area (Å²) in [4.78, 5) is 15.1. The van der Waals surface area contributed by atoms with E-state index in [-0.39, 0.29) is 12.2 Å². The summed E-state index contributed by atoms with van der Waals surface area (Å²) in [6.45, 7) is 0.170. The highest BCUT2D eigenvalue weighted by atomic mass is 19.1. The van der Waals surface area contributed by atoms with Crippen LogP contribution in [0.5, 0.6) is 11.5 Å². The van der Waals surface area contributed by atoms with E-state index in [1.165, 1.54) is 12.1 Å². The molecule has 7 nitrogen and oxygen atoms in total. The van der Waals surface area contributed by atoms with E-state index in [4.69, 9.17) is 9.47 Å². The van der Waals surface area contributed by atoms with E-state index in [0.29, 0.717) is 28.5 Å². The van der Waals surface area contributed by atoms with E-state index < -0.39 is 5.82 Å². The number of halogens is 1. The van der Waals surface area contributed by atoms with Gasteiger partial charge in [-0.25, -0.2) is 4.39 Å². The maximum atomic E-state index is 14.0. The van der Waals surface area contributed by atoms with Gasteiger partial charge >= 0.3 is 0 Å². The van der Waals surface area contributed by atoms with Crippen molar-refractivity contribution in [1.82, 2.24) is 19.6 Å². The molecule has 5 aromatic rings. The lowest BCUT2D eigenvalue weighted by atomic mass is 10.1. The predicted molar refractivity (Wildman–Crippen MR) is 116 cm³/mol. The zero-order valence-electron chi connectivity index (χ0n) is 16.9. The van der Waals surface area contributed by atoms with Crippen LogP contribution in [0, 0.1) is 5.82 Å². The number of hydrogen-bond acceptors (Lipinski definition) is 6. The van der Waals surface area contributed by atoms with Crippen molar-refractivity contribution >= 4 is 22.8 Å². The van der Waals surface area contributed by atoms with Crippen LogP contribution < -0.4 is 9.47 Å². The van der Waals surface area contributed by atoms with Crippen molar-refractivity contribution in [2.45, 2.75) is 6.61 Å². The minimum Gasteiger partial charge on any atom is -0.497 e. The van der Waals surface area contributed by atoms with Crippen LogP contribution in [-0.2, 0) is 11.4 Å². The van der Waals surface area contributed by atoms with Gasteiger partial charge in [0, 0.05) is 23.8 Å². The van der Waals surface area contributed by atoms with E-state index in [9.17, 15) is 9.18 Å². The maximum absolute atomic E-state index is 14.0. The number of methoxy groups -OCH3 is 1. The van der Waals surface area contributed by atoms with Gasteiger partial charge in [0.15, 0.2) is 11.5 Å². The number of ether oxygens (including phenoxy) is 2.